The number of anilines is 1. The van der Waals surface area contributed by atoms with Gasteiger partial charge in [-0.25, -0.2) is 8.42 Å². The van der Waals surface area contributed by atoms with Gasteiger partial charge in [-0.1, -0.05) is 17.7 Å². The maximum Gasteiger partial charge on any atom is 0.263 e. The van der Waals surface area contributed by atoms with Gasteiger partial charge >= 0.3 is 0 Å². The Kier molecular flexibility index (Phi) is 5.48. The van der Waals surface area contributed by atoms with Gasteiger partial charge < -0.3 is 5.32 Å². The predicted octanol–water partition coefficient (Wildman–Crippen LogP) is 3.46. The molecule has 0 atom stereocenters. The second kappa shape index (κ2) is 6.95. The van der Waals surface area contributed by atoms with Gasteiger partial charge in [-0.05, 0) is 71.6 Å². The molecule has 7 heteroatoms. The van der Waals surface area contributed by atoms with Crippen molar-refractivity contribution >= 4 is 49.9 Å². The largest absolute Gasteiger partial charge is 0.316 e. The highest BCUT2D eigenvalue weighted by Gasteiger charge is 2.18. The Morgan fingerprint density at radius 2 is 1.81 bits per heavy atom. The van der Waals surface area contributed by atoms with Gasteiger partial charge in [0.05, 0.1) is 5.02 Å². The number of benzene rings is 2. The summed E-state index contributed by atoms with van der Waals surface area (Å²) in [6.07, 6.45) is 0. The van der Waals surface area contributed by atoms with E-state index in [0.717, 1.165) is 9.13 Å². The van der Waals surface area contributed by atoms with Crippen LogP contribution >= 0.6 is 34.2 Å². The topological polar surface area (TPSA) is 58.2 Å². The van der Waals surface area contributed by atoms with Crippen LogP contribution in [0.3, 0.4) is 0 Å². The van der Waals surface area contributed by atoms with E-state index in [0.29, 0.717) is 12.2 Å². The van der Waals surface area contributed by atoms with E-state index in [-0.39, 0.29) is 9.92 Å². The lowest BCUT2D eigenvalue weighted by molar-refractivity contribution is 0.601. The average Bonchev–Trinajstić information content (AvgIpc) is 2.43. The van der Waals surface area contributed by atoms with Crippen molar-refractivity contribution < 1.29 is 8.42 Å². The molecule has 0 aromatic heterocycles. The zero-order valence-corrected chi connectivity index (χ0v) is 15.0. The first-order chi connectivity index (χ1) is 9.92. The van der Waals surface area contributed by atoms with Gasteiger partial charge in [0, 0.05) is 15.8 Å². The molecule has 2 aromatic rings. The SMILES string of the molecule is CNCc1ccc(Cl)c(S(=O)(=O)Nc2ccc(I)cc2)c1. The minimum atomic E-state index is -3.71. The van der Waals surface area contributed by atoms with Gasteiger partial charge in [0.2, 0.25) is 0 Å². The Balaban J connectivity index is 2.34. The zero-order chi connectivity index (χ0) is 15.5. The molecule has 0 amide bonds. The molecule has 21 heavy (non-hydrogen) atoms. The smallest absolute Gasteiger partial charge is 0.263 e. The van der Waals surface area contributed by atoms with Crippen LogP contribution < -0.4 is 10.0 Å². The lowest BCUT2D eigenvalue weighted by Gasteiger charge is -2.11. The van der Waals surface area contributed by atoms with Crippen molar-refractivity contribution in [2.24, 2.45) is 0 Å². The van der Waals surface area contributed by atoms with Crippen molar-refractivity contribution in [3.8, 4) is 0 Å². The first kappa shape index (κ1) is 16.5. The molecule has 112 valence electrons. The van der Waals surface area contributed by atoms with Crippen LogP contribution in [0, 0.1) is 3.57 Å². The fourth-order valence-electron chi connectivity index (χ4n) is 1.80. The minimum Gasteiger partial charge on any atom is -0.316 e. The van der Waals surface area contributed by atoms with Crippen molar-refractivity contribution in [2.75, 3.05) is 11.8 Å². The van der Waals surface area contributed by atoms with Gasteiger partial charge in [0.25, 0.3) is 10.0 Å². The molecule has 2 rings (SSSR count). The van der Waals surface area contributed by atoms with E-state index in [1.807, 2.05) is 12.1 Å². The third-order valence-corrected chi connectivity index (χ3v) is 5.34. The Morgan fingerprint density at radius 1 is 1.14 bits per heavy atom. The van der Waals surface area contributed by atoms with E-state index in [1.54, 1.807) is 37.4 Å². The molecule has 0 fully saturated rings. The van der Waals surface area contributed by atoms with Crippen LogP contribution in [0.2, 0.25) is 5.02 Å². The van der Waals surface area contributed by atoms with Crippen LogP contribution in [0.15, 0.2) is 47.4 Å². The number of sulfonamides is 1. The summed E-state index contributed by atoms with van der Waals surface area (Å²) in [6.45, 7) is 0.573. The standard InChI is InChI=1S/C14H14ClIN2O2S/c1-17-9-10-2-7-13(15)14(8-10)21(19,20)18-12-5-3-11(16)4-6-12/h2-8,17-18H,9H2,1H3. The molecule has 0 radical (unpaired) electrons. The van der Waals surface area contributed by atoms with Gasteiger partial charge in [-0.3, -0.25) is 4.72 Å². The molecule has 2 aromatic carbocycles. The van der Waals surface area contributed by atoms with Gasteiger partial charge in [0.1, 0.15) is 4.90 Å². The fraction of sp³-hybridized carbons (Fsp3) is 0.143. The lowest BCUT2D eigenvalue weighted by Crippen LogP contribution is -2.14. The maximum absolute atomic E-state index is 12.4. The summed E-state index contributed by atoms with van der Waals surface area (Å²) in [4.78, 5) is 0.0791. The molecule has 0 saturated heterocycles. The normalized spacial score (nSPS) is 11.4. The van der Waals surface area contributed by atoms with Crippen molar-refractivity contribution in [2.45, 2.75) is 11.4 Å². The zero-order valence-electron chi connectivity index (χ0n) is 11.2. The van der Waals surface area contributed by atoms with Gasteiger partial charge in [0.15, 0.2) is 0 Å². The third-order valence-electron chi connectivity index (χ3n) is 2.76. The average molecular weight is 437 g/mol. The fourth-order valence-corrected chi connectivity index (χ4v) is 3.77. The molecule has 0 aliphatic carbocycles. The number of rotatable bonds is 5. The summed E-state index contributed by atoms with van der Waals surface area (Å²) in [7, 11) is -1.91. The number of nitrogens with one attached hydrogen (secondary N) is 2. The van der Waals surface area contributed by atoms with Crippen molar-refractivity contribution in [3.63, 3.8) is 0 Å². The lowest BCUT2D eigenvalue weighted by atomic mass is 10.2. The Morgan fingerprint density at radius 3 is 2.43 bits per heavy atom. The molecule has 4 nitrogen and oxygen atoms in total. The van der Waals surface area contributed by atoms with Gasteiger partial charge in [-0.2, -0.15) is 0 Å². The second-order valence-corrected chi connectivity index (χ2v) is 7.71. The Labute approximate surface area is 143 Å². The van der Waals surface area contributed by atoms with E-state index in [4.69, 9.17) is 11.6 Å². The van der Waals surface area contributed by atoms with Crippen LogP contribution in [0.4, 0.5) is 5.69 Å². The Hall–Kier alpha value is -0.830. The summed E-state index contributed by atoms with van der Waals surface area (Å²) in [6, 6.07) is 12.1. The highest BCUT2D eigenvalue weighted by atomic mass is 127. The second-order valence-electron chi connectivity index (χ2n) is 4.41. The van der Waals surface area contributed by atoms with Crippen molar-refractivity contribution in [1.82, 2.24) is 5.32 Å². The van der Waals surface area contributed by atoms with Crippen molar-refractivity contribution in [3.05, 3.63) is 56.6 Å². The van der Waals surface area contributed by atoms with Crippen LogP contribution in [-0.4, -0.2) is 15.5 Å². The third kappa shape index (κ3) is 4.32. The molecule has 0 heterocycles. The number of hydrogen-bond acceptors (Lipinski definition) is 3. The summed E-state index contributed by atoms with van der Waals surface area (Å²) >= 11 is 8.19. The summed E-state index contributed by atoms with van der Waals surface area (Å²) < 4.78 is 28.5. The molecule has 0 saturated carbocycles. The van der Waals surface area contributed by atoms with E-state index in [1.165, 1.54) is 0 Å². The number of halogens is 2. The van der Waals surface area contributed by atoms with E-state index < -0.39 is 10.0 Å². The molecule has 0 spiro atoms. The monoisotopic (exact) mass is 436 g/mol. The summed E-state index contributed by atoms with van der Waals surface area (Å²) in [5, 5.41) is 3.18. The molecule has 0 unspecified atom stereocenters. The van der Waals surface area contributed by atoms with Crippen LogP contribution in [0.25, 0.3) is 0 Å². The van der Waals surface area contributed by atoms with Crippen LogP contribution in [0.1, 0.15) is 5.56 Å². The molecule has 0 bridgehead atoms. The highest BCUT2D eigenvalue weighted by Crippen LogP contribution is 2.25. The minimum absolute atomic E-state index is 0.0791. The number of hydrogen-bond donors (Lipinski definition) is 2. The molecule has 0 aliphatic rings. The van der Waals surface area contributed by atoms with E-state index >= 15 is 0 Å². The first-order valence-electron chi connectivity index (χ1n) is 6.14. The van der Waals surface area contributed by atoms with Crippen LogP contribution in [0.5, 0.6) is 0 Å². The van der Waals surface area contributed by atoms with Crippen molar-refractivity contribution in [1.29, 1.82) is 0 Å². The van der Waals surface area contributed by atoms with Crippen LogP contribution in [-0.2, 0) is 16.6 Å². The van der Waals surface area contributed by atoms with E-state index in [2.05, 4.69) is 32.6 Å². The molecular weight excluding hydrogens is 423 g/mol. The Bertz CT molecular complexity index is 733. The first-order valence-corrected chi connectivity index (χ1v) is 9.08. The molecule has 0 aliphatic heterocycles. The summed E-state index contributed by atoms with van der Waals surface area (Å²) in [5.74, 6) is 0. The van der Waals surface area contributed by atoms with Gasteiger partial charge in [-0.15, -0.1) is 0 Å². The quantitative estimate of drug-likeness (QED) is 0.706. The summed E-state index contributed by atoms with van der Waals surface area (Å²) in [5.41, 5.74) is 1.36. The van der Waals surface area contributed by atoms with E-state index in [9.17, 15) is 8.42 Å². The molecule has 2 N–H and O–H groups in total. The molecular formula is C14H14ClIN2O2S. The maximum atomic E-state index is 12.4. The highest BCUT2D eigenvalue weighted by molar-refractivity contribution is 14.1. The predicted molar refractivity (Wildman–Crippen MR) is 94.2 cm³/mol.